The van der Waals surface area contributed by atoms with Gasteiger partial charge in [0.05, 0.1) is 11.4 Å². The second kappa shape index (κ2) is 6.63. The van der Waals surface area contributed by atoms with Crippen molar-refractivity contribution < 1.29 is 9.59 Å². The van der Waals surface area contributed by atoms with E-state index in [1.165, 1.54) is 6.07 Å². The van der Waals surface area contributed by atoms with Gasteiger partial charge in [0.1, 0.15) is 6.04 Å². The molecule has 1 unspecified atom stereocenters. The lowest BCUT2D eigenvalue weighted by molar-refractivity contribution is -0.121. The van der Waals surface area contributed by atoms with Crippen molar-refractivity contribution in [2.75, 3.05) is 17.6 Å². The molecule has 6 heteroatoms. The second-order valence-electron chi connectivity index (χ2n) is 4.32. The van der Waals surface area contributed by atoms with Gasteiger partial charge < -0.3 is 22.1 Å². The van der Waals surface area contributed by atoms with Crippen molar-refractivity contribution in [2.45, 2.75) is 26.3 Å². The molecule has 0 aromatic heterocycles. The molecule has 104 valence electrons. The Balaban J connectivity index is 2.71. The molecule has 1 aromatic carbocycles. The monoisotopic (exact) mass is 264 g/mol. The molecule has 0 aliphatic rings. The van der Waals surface area contributed by atoms with Crippen molar-refractivity contribution in [3.8, 4) is 0 Å². The SMILES string of the molecule is CCCNC(=O)C(C)Nc1ccc(C(N)=O)cc1N. The first-order valence-corrected chi connectivity index (χ1v) is 6.19. The van der Waals surface area contributed by atoms with Crippen LogP contribution in [0.5, 0.6) is 0 Å². The molecule has 19 heavy (non-hydrogen) atoms. The first kappa shape index (κ1) is 14.8. The maximum atomic E-state index is 11.7. The molecule has 6 nitrogen and oxygen atoms in total. The Kier molecular flexibility index (Phi) is 5.17. The first-order chi connectivity index (χ1) is 8.95. The highest BCUT2D eigenvalue weighted by Crippen LogP contribution is 2.20. The normalized spacial score (nSPS) is 11.7. The summed E-state index contributed by atoms with van der Waals surface area (Å²) in [6.45, 7) is 4.37. The first-order valence-electron chi connectivity index (χ1n) is 6.19. The lowest BCUT2D eigenvalue weighted by Crippen LogP contribution is -2.38. The number of nitrogens with one attached hydrogen (secondary N) is 2. The van der Waals surface area contributed by atoms with Gasteiger partial charge in [-0.15, -0.1) is 0 Å². The highest BCUT2D eigenvalue weighted by atomic mass is 16.2. The fourth-order valence-corrected chi connectivity index (χ4v) is 1.55. The summed E-state index contributed by atoms with van der Waals surface area (Å²) >= 11 is 0. The molecule has 0 aliphatic carbocycles. The van der Waals surface area contributed by atoms with Crippen LogP contribution in [0, 0.1) is 0 Å². The fraction of sp³-hybridized carbons (Fsp3) is 0.385. The van der Waals surface area contributed by atoms with E-state index in [1.807, 2.05) is 6.92 Å². The van der Waals surface area contributed by atoms with Crippen LogP contribution in [0.15, 0.2) is 18.2 Å². The average Bonchev–Trinajstić information content (AvgIpc) is 2.37. The summed E-state index contributed by atoms with van der Waals surface area (Å²) < 4.78 is 0. The Morgan fingerprint density at radius 1 is 1.37 bits per heavy atom. The molecule has 1 atom stereocenters. The molecule has 2 amide bonds. The number of nitrogen functional groups attached to an aromatic ring is 1. The van der Waals surface area contributed by atoms with Crippen LogP contribution in [-0.2, 0) is 4.79 Å². The zero-order valence-electron chi connectivity index (χ0n) is 11.2. The Hall–Kier alpha value is -2.24. The summed E-state index contributed by atoms with van der Waals surface area (Å²) in [6.07, 6.45) is 0.883. The zero-order valence-corrected chi connectivity index (χ0v) is 11.2. The van der Waals surface area contributed by atoms with Crippen LogP contribution in [0.3, 0.4) is 0 Å². The number of hydrogen-bond donors (Lipinski definition) is 4. The van der Waals surface area contributed by atoms with Crippen molar-refractivity contribution in [3.05, 3.63) is 23.8 Å². The van der Waals surface area contributed by atoms with Gasteiger partial charge in [0.2, 0.25) is 11.8 Å². The van der Waals surface area contributed by atoms with Crippen LogP contribution < -0.4 is 22.1 Å². The minimum Gasteiger partial charge on any atom is -0.397 e. The van der Waals surface area contributed by atoms with Gasteiger partial charge in [0, 0.05) is 12.1 Å². The number of hydrogen-bond acceptors (Lipinski definition) is 4. The van der Waals surface area contributed by atoms with E-state index in [9.17, 15) is 9.59 Å². The summed E-state index contributed by atoms with van der Waals surface area (Å²) in [5.41, 5.74) is 12.3. The third-order valence-electron chi connectivity index (χ3n) is 2.65. The maximum absolute atomic E-state index is 11.7. The molecule has 0 heterocycles. The molecule has 0 spiro atoms. The van der Waals surface area contributed by atoms with Gasteiger partial charge in [-0.25, -0.2) is 0 Å². The van der Waals surface area contributed by atoms with Crippen molar-refractivity contribution >= 4 is 23.2 Å². The van der Waals surface area contributed by atoms with E-state index < -0.39 is 11.9 Å². The summed E-state index contributed by atoms with van der Waals surface area (Å²) in [5, 5.41) is 5.78. The number of rotatable bonds is 6. The van der Waals surface area contributed by atoms with E-state index in [2.05, 4.69) is 10.6 Å². The van der Waals surface area contributed by atoms with Gasteiger partial charge >= 0.3 is 0 Å². The molecule has 0 radical (unpaired) electrons. The highest BCUT2D eigenvalue weighted by molar-refractivity contribution is 5.95. The van der Waals surface area contributed by atoms with Gasteiger partial charge in [0.25, 0.3) is 0 Å². The van der Waals surface area contributed by atoms with Crippen molar-refractivity contribution in [1.82, 2.24) is 5.32 Å². The predicted molar refractivity (Wildman–Crippen MR) is 75.8 cm³/mol. The van der Waals surface area contributed by atoms with Crippen LogP contribution >= 0.6 is 0 Å². The Bertz CT molecular complexity index is 474. The Morgan fingerprint density at radius 3 is 2.58 bits per heavy atom. The number of anilines is 2. The van der Waals surface area contributed by atoms with Crippen molar-refractivity contribution in [2.24, 2.45) is 5.73 Å². The minimum absolute atomic E-state index is 0.0970. The lowest BCUT2D eigenvalue weighted by atomic mass is 10.1. The molecule has 1 rings (SSSR count). The van der Waals surface area contributed by atoms with E-state index >= 15 is 0 Å². The molecular weight excluding hydrogens is 244 g/mol. The number of primary amides is 1. The van der Waals surface area contributed by atoms with Crippen LogP contribution in [0.4, 0.5) is 11.4 Å². The third-order valence-corrected chi connectivity index (χ3v) is 2.65. The fourth-order valence-electron chi connectivity index (χ4n) is 1.55. The van der Waals surface area contributed by atoms with Gasteiger partial charge in [-0.1, -0.05) is 6.92 Å². The van der Waals surface area contributed by atoms with E-state index in [0.717, 1.165) is 6.42 Å². The number of amides is 2. The summed E-state index contributed by atoms with van der Waals surface area (Å²) in [5.74, 6) is -0.632. The van der Waals surface area contributed by atoms with Gasteiger partial charge in [-0.05, 0) is 31.5 Å². The Morgan fingerprint density at radius 2 is 2.05 bits per heavy atom. The maximum Gasteiger partial charge on any atom is 0.248 e. The predicted octanol–water partition coefficient (Wildman–Crippen LogP) is 0.694. The standard InChI is InChI=1S/C13H20N4O2/c1-3-6-16-13(19)8(2)17-11-5-4-9(12(15)18)7-10(11)14/h4-5,7-8,17H,3,6,14H2,1-2H3,(H2,15,18)(H,16,19). The third kappa shape index (κ3) is 4.17. The summed E-state index contributed by atoms with van der Waals surface area (Å²) in [6, 6.07) is 4.28. The molecule has 1 aromatic rings. The molecule has 0 fully saturated rings. The molecular formula is C13H20N4O2. The Labute approximate surface area is 112 Å². The van der Waals surface area contributed by atoms with Crippen LogP contribution in [0.25, 0.3) is 0 Å². The largest absolute Gasteiger partial charge is 0.397 e. The highest BCUT2D eigenvalue weighted by Gasteiger charge is 2.13. The van der Waals surface area contributed by atoms with Gasteiger partial charge in [0.15, 0.2) is 0 Å². The topological polar surface area (TPSA) is 110 Å². The van der Waals surface area contributed by atoms with E-state index in [4.69, 9.17) is 11.5 Å². The molecule has 0 bridgehead atoms. The quantitative estimate of drug-likeness (QED) is 0.567. The van der Waals surface area contributed by atoms with Gasteiger partial charge in [-0.3, -0.25) is 9.59 Å². The van der Waals surface area contributed by atoms with Crippen molar-refractivity contribution in [3.63, 3.8) is 0 Å². The molecule has 0 saturated heterocycles. The van der Waals surface area contributed by atoms with Crippen molar-refractivity contribution in [1.29, 1.82) is 0 Å². The smallest absolute Gasteiger partial charge is 0.248 e. The van der Waals surface area contributed by atoms with E-state index in [-0.39, 0.29) is 5.91 Å². The molecule has 0 aliphatic heterocycles. The number of benzene rings is 1. The summed E-state index contributed by atoms with van der Waals surface area (Å²) in [4.78, 5) is 22.7. The van der Waals surface area contributed by atoms with Gasteiger partial charge in [-0.2, -0.15) is 0 Å². The number of carbonyl (C=O) groups excluding carboxylic acids is 2. The number of nitrogens with two attached hydrogens (primary N) is 2. The average molecular weight is 264 g/mol. The van der Waals surface area contributed by atoms with Crippen LogP contribution in [0.1, 0.15) is 30.6 Å². The van der Waals surface area contributed by atoms with E-state index in [1.54, 1.807) is 19.1 Å². The summed E-state index contributed by atoms with van der Waals surface area (Å²) in [7, 11) is 0. The minimum atomic E-state index is -0.535. The molecule has 0 saturated carbocycles. The van der Waals surface area contributed by atoms with Crippen LogP contribution in [0.2, 0.25) is 0 Å². The number of carbonyl (C=O) groups is 2. The second-order valence-corrected chi connectivity index (χ2v) is 4.32. The zero-order chi connectivity index (χ0) is 14.4. The van der Waals surface area contributed by atoms with E-state index in [0.29, 0.717) is 23.5 Å². The van der Waals surface area contributed by atoms with Crippen LogP contribution in [-0.4, -0.2) is 24.4 Å². The molecule has 6 N–H and O–H groups in total. The lowest BCUT2D eigenvalue weighted by Gasteiger charge is -2.16.